The van der Waals surface area contributed by atoms with E-state index in [-0.39, 0.29) is 5.82 Å². The molecule has 0 amide bonds. The van der Waals surface area contributed by atoms with E-state index in [2.05, 4.69) is 27.7 Å². The highest BCUT2D eigenvalue weighted by molar-refractivity contribution is 14.1. The van der Waals surface area contributed by atoms with Crippen LogP contribution in [0.1, 0.15) is 5.56 Å². The van der Waals surface area contributed by atoms with Gasteiger partial charge in [0.1, 0.15) is 5.82 Å². The molecule has 0 aliphatic rings. The lowest BCUT2D eigenvalue weighted by atomic mass is 10.2. The van der Waals surface area contributed by atoms with Crippen molar-refractivity contribution in [1.82, 2.24) is 9.78 Å². The monoisotopic (exact) mass is 386 g/mol. The van der Waals surface area contributed by atoms with Crippen molar-refractivity contribution in [2.45, 2.75) is 6.54 Å². The lowest BCUT2D eigenvalue weighted by molar-refractivity contribution is 0.590. The Bertz CT molecular complexity index is 754. The first-order valence-corrected chi connectivity index (χ1v) is 7.14. The van der Waals surface area contributed by atoms with Gasteiger partial charge < -0.3 is 0 Å². The number of aromatic nitrogens is 2. The molecule has 1 heterocycles. The Balaban J connectivity index is 2.03. The van der Waals surface area contributed by atoms with Gasteiger partial charge in [-0.2, -0.15) is 5.10 Å². The van der Waals surface area contributed by atoms with Crippen molar-refractivity contribution in [3.05, 3.63) is 62.6 Å². The number of rotatable bonds is 2. The smallest absolute Gasteiger partial charge is 0.129 e. The van der Waals surface area contributed by atoms with Crippen molar-refractivity contribution in [3.63, 3.8) is 0 Å². The Morgan fingerprint density at radius 1 is 1.21 bits per heavy atom. The summed E-state index contributed by atoms with van der Waals surface area (Å²) in [4.78, 5) is 0. The molecule has 96 valence electrons. The minimum Gasteiger partial charge on any atom is -0.260 e. The van der Waals surface area contributed by atoms with Gasteiger partial charge in [-0.05, 0) is 46.9 Å². The summed E-state index contributed by atoms with van der Waals surface area (Å²) in [5, 5.41) is 5.76. The zero-order valence-electron chi connectivity index (χ0n) is 9.78. The standard InChI is InChI=1S/C14H9ClFIN2/c15-11-3-1-10(13(16)5-11)8-19-14-6-12(17)4-2-9(14)7-18-19/h1-7H,8H2. The highest BCUT2D eigenvalue weighted by Gasteiger charge is 2.07. The van der Waals surface area contributed by atoms with E-state index in [1.807, 2.05) is 18.2 Å². The molecule has 0 atom stereocenters. The Hall–Kier alpha value is -1.14. The highest BCUT2D eigenvalue weighted by atomic mass is 127. The third-order valence-corrected chi connectivity index (χ3v) is 3.85. The lowest BCUT2D eigenvalue weighted by Crippen LogP contribution is -2.03. The maximum absolute atomic E-state index is 13.8. The van der Waals surface area contributed by atoms with Crippen LogP contribution in [-0.4, -0.2) is 9.78 Å². The van der Waals surface area contributed by atoms with Crippen LogP contribution in [0.3, 0.4) is 0 Å². The van der Waals surface area contributed by atoms with Crippen LogP contribution in [-0.2, 0) is 6.54 Å². The van der Waals surface area contributed by atoms with Gasteiger partial charge >= 0.3 is 0 Å². The molecule has 0 unspecified atom stereocenters. The molecule has 0 fully saturated rings. The van der Waals surface area contributed by atoms with Crippen LogP contribution in [0.15, 0.2) is 42.6 Å². The highest BCUT2D eigenvalue weighted by Crippen LogP contribution is 2.20. The maximum Gasteiger partial charge on any atom is 0.129 e. The third kappa shape index (κ3) is 2.60. The SMILES string of the molecule is Fc1cc(Cl)ccc1Cn1ncc2ccc(I)cc21. The van der Waals surface area contributed by atoms with Gasteiger partial charge in [0.15, 0.2) is 0 Å². The molecule has 0 bridgehead atoms. The van der Waals surface area contributed by atoms with E-state index < -0.39 is 0 Å². The number of fused-ring (bicyclic) bond motifs is 1. The third-order valence-electron chi connectivity index (χ3n) is 2.94. The second-order valence-electron chi connectivity index (χ2n) is 4.24. The van der Waals surface area contributed by atoms with Crippen molar-refractivity contribution in [3.8, 4) is 0 Å². The molecule has 1 aromatic heterocycles. The summed E-state index contributed by atoms with van der Waals surface area (Å²) in [5.74, 6) is -0.304. The second-order valence-corrected chi connectivity index (χ2v) is 5.92. The first-order chi connectivity index (χ1) is 9.13. The van der Waals surface area contributed by atoms with Gasteiger partial charge in [0.05, 0.1) is 18.3 Å². The van der Waals surface area contributed by atoms with Gasteiger partial charge in [-0.15, -0.1) is 0 Å². The van der Waals surface area contributed by atoms with E-state index in [4.69, 9.17) is 11.6 Å². The molecule has 0 saturated carbocycles. The summed E-state index contributed by atoms with van der Waals surface area (Å²) in [6, 6.07) is 10.8. The van der Waals surface area contributed by atoms with Crippen molar-refractivity contribution >= 4 is 45.1 Å². The summed E-state index contributed by atoms with van der Waals surface area (Å²) in [6.07, 6.45) is 1.79. The average molecular weight is 387 g/mol. The van der Waals surface area contributed by atoms with Gasteiger partial charge in [0.25, 0.3) is 0 Å². The summed E-state index contributed by atoms with van der Waals surface area (Å²) in [5.41, 5.74) is 1.58. The van der Waals surface area contributed by atoms with Gasteiger partial charge in [0.2, 0.25) is 0 Å². The number of halogens is 3. The van der Waals surface area contributed by atoms with E-state index in [0.29, 0.717) is 17.1 Å². The average Bonchev–Trinajstić information content (AvgIpc) is 2.75. The van der Waals surface area contributed by atoms with Gasteiger partial charge in [-0.1, -0.05) is 23.7 Å². The second kappa shape index (κ2) is 5.09. The number of hydrogen-bond donors (Lipinski definition) is 0. The first-order valence-electron chi connectivity index (χ1n) is 5.68. The largest absolute Gasteiger partial charge is 0.260 e. The van der Waals surface area contributed by atoms with Crippen LogP contribution >= 0.6 is 34.2 Å². The molecule has 3 rings (SSSR count). The van der Waals surface area contributed by atoms with Crippen LogP contribution in [0.2, 0.25) is 5.02 Å². The quantitative estimate of drug-likeness (QED) is 0.594. The van der Waals surface area contributed by atoms with Crippen LogP contribution < -0.4 is 0 Å². The van der Waals surface area contributed by atoms with Crippen molar-refractivity contribution in [2.75, 3.05) is 0 Å². The fourth-order valence-corrected chi connectivity index (χ4v) is 2.61. The Labute approximate surface area is 128 Å². The number of hydrogen-bond acceptors (Lipinski definition) is 1. The van der Waals surface area contributed by atoms with Crippen LogP contribution in [0.5, 0.6) is 0 Å². The Morgan fingerprint density at radius 2 is 2.05 bits per heavy atom. The Kier molecular flexibility index (Phi) is 3.45. The molecule has 0 aliphatic heterocycles. The van der Waals surface area contributed by atoms with Crippen LogP contribution in [0, 0.1) is 9.39 Å². The normalized spacial score (nSPS) is 11.1. The lowest BCUT2D eigenvalue weighted by Gasteiger charge is -2.06. The predicted molar refractivity (Wildman–Crippen MR) is 83.0 cm³/mol. The molecule has 2 nitrogen and oxygen atoms in total. The fraction of sp³-hybridized carbons (Fsp3) is 0.0714. The van der Waals surface area contributed by atoms with Crippen LogP contribution in [0.4, 0.5) is 4.39 Å². The molecule has 0 spiro atoms. The fourth-order valence-electron chi connectivity index (χ4n) is 1.98. The number of benzene rings is 2. The Morgan fingerprint density at radius 3 is 2.84 bits per heavy atom. The maximum atomic E-state index is 13.8. The van der Waals surface area contributed by atoms with Crippen molar-refractivity contribution in [2.24, 2.45) is 0 Å². The summed E-state index contributed by atoms with van der Waals surface area (Å²) >= 11 is 8.00. The predicted octanol–water partition coefficient (Wildman–Crippen LogP) is 4.48. The summed E-state index contributed by atoms with van der Waals surface area (Å²) < 4.78 is 16.7. The molecule has 0 aliphatic carbocycles. The molecule has 2 aromatic carbocycles. The number of nitrogens with zero attached hydrogens (tertiary/aromatic N) is 2. The van der Waals surface area contributed by atoms with E-state index in [1.54, 1.807) is 23.0 Å². The minimum atomic E-state index is -0.304. The molecular weight excluding hydrogens is 378 g/mol. The van der Waals surface area contributed by atoms with Gasteiger partial charge in [0, 0.05) is 19.5 Å². The molecule has 0 saturated heterocycles. The van der Waals surface area contributed by atoms with E-state index in [1.165, 1.54) is 6.07 Å². The van der Waals surface area contributed by atoms with E-state index in [9.17, 15) is 4.39 Å². The molecule has 0 radical (unpaired) electrons. The van der Waals surface area contributed by atoms with E-state index >= 15 is 0 Å². The van der Waals surface area contributed by atoms with Gasteiger partial charge in [-0.25, -0.2) is 4.39 Å². The van der Waals surface area contributed by atoms with Crippen molar-refractivity contribution < 1.29 is 4.39 Å². The van der Waals surface area contributed by atoms with E-state index in [0.717, 1.165) is 14.5 Å². The van der Waals surface area contributed by atoms with Gasteiger partial charge in [-0.3, -0.25) is 4.68 Å². The molecule has 0 N–H and O–H groups in total. The topological polar surface area (TPSA) is 17.8 Å². The zero-order chi connectivity index (χ0) is 13.4. The zero-order valence-corrected chi connectivity index (χ0v) is 12.7. The molecule has 5 heteroatoms. The minimum absolute atomic E-state index is 0.304. The molecule has 19 heavy (non-hydrogen) atoms. The van der Waals surface area contributed by atoms with Crippen LogP contribution in [0.25, 0.3) is 10.9 Å². The molecule has 3 aromatic rings. The summed E-state index contributed by atoms with van der Waals surface area (Å²) in [6.45, 7) is 0.395. The summed E-state index contributed by atoms with van der Waals surface area (Å²) in [7, 11) is 0. The molecular formula is C14H9ClFIN2. The van der Waals surface area contributed by atoms with Crippen molar-refractivity contribution in [1.29, 1.82) is 0 Å². The first kappa shape index (κ1) is 12.9.